The molecule has 2 heterocycles. The smallest absolute Gasteiger partial charge is 0.247 e. The zero-order valence-electron chi connectivity index (χ0n) is 14.8. The molecular weight excluding hydrogens is 370 g/mol. The van der Waals surface area contributed by atoms with Crippen molar-refractivity contribution in [3.63, 3.8) is 0 Å². The first-order valence-corrected chi connectivity index (χ1v) is 9.33. The van der Waals surface area contributed by atoms with Gasteiger partial charge < -0.3 is 10.6 Å². The second-order valence-electron chi connectivity index (χ2n) is 5.99. The minimum absolute atomic E-state index is 0.163. The number of carbonyl (C=O) groups is 1. The van der Waals surface area contributed by atoms with Gasteiger partial charge in [0, 0.05) is 35.1 Å². The van der Waals surface area contributed by atoms with Gasteiger partial charge in [0.15, 0.2) is 5.13 Å². The number of rotatable bonds is 6. The van der Waals surface area contributed by atoms with Crippen molar-refractivity contribution in [2.75, 3.05) is 12.4 Å². The van der Waals surface area contributed by atoms with Crippen LogP contribution in [-0.4, -0.2) is 27.7 Å². The van der Waals surface area contributed by atoms with E-state index in [2.05, 4.69) is 20.7 Å². The van der Waals surface area contributed by atoms with Crippen LogP contribution in [0.4, 0.5) is 5.13 Å². The van der Waals surface area contributed by atoms with Crippen LogP contribution in [0.3, 0.4) is 0 Å². The summed E-state index contributed by atoms with van der Waals surface area (Å²) in [6.45, 7) is 1.95. The summed E-state index contributed by atoms with van der Waals surface area (Å²) in [6, 6.07) is 7.28. The SMILES string of the molecule is CNC(C(=O)Nc1nc(C)c(Cc2cccc(Cl)c2)s1)c1cnn(C)c1. The second-order valence-corrected chi connectivity index (χ2v) is 7.51. The molecule has 3 aromatic rings. The Labute approximate surface area is 161 Å². The summed E-state index contributed by atoms with van der Waals surface area (Å²) in [5.74, 6) is -0.163. The average Bonchev–Trinajstić information content (AvgIpc) is 3.14. The van der Waals surface area contributed by atoms with Gasteiger partial charge in [0.05, 0.1) is 11.9 Å². The van der Waals surface area contributed by atoms with E-state index in [1.807, 2.05) is 44.4 Å². The molecule has 1 unspecified atom stereocenters. The highest BCUT2D eigenvalue weighted by Crippen LogP contribution is 2.27. The van der Waals surface area contributed by atoms with Crippen LogP contribution in [0.5, 0.6) is 0 Å². The first kappa shape index (κ1) is 18.6. The second kappa shape index (κ2) is 7.99. The highest BCUT2D eigenvalue weighted by Gasteiger charge is 2.21. The number of nitrogens with one attached hydrogen (secondary N) is 2. The lowest BCUT2D eigenvalue weighted by atomic mass is 10.1. The number of thiazole rings is 1. The summed E-state index contributed by atoms with van der Waals surface area (Å²) in [6.07, 6.45) is 4.23. The molecule has 0 aliphatic rings. The third-order valence-corrected chi connectivity index (χ3v) is 5.29. The maximum Gasteiger partial charge on any atom is 0.247 e. The minimum Gasteiger partial charge on any atom is -0.305 e. The van der Waals surface area contributed by atoms with Crippen molar-refractivity contribution >= 4 is 34.0 Å². The Hall–Kier alpha value is -2.22. The predicted octanol–water partition coefficient (Wildman–Crippen LogP) is 3.33. The third-order valence-electron chi connectivity index (χ3n) is 3.99. The highest BCUT2D eigenvalue weighted by molar-refractivity contribution is 7.15. The van der Waals surface area contributed by atoms with Gasteiger partial charge in [-0.05, 0) is 31.7 Å². The summed E-state index contributed by atoms with van der Waals surface area (Å²) in [4.78, 5) is 18.2. The van der Waals surface area contributed by atoms with E-state index in [-0.39, 0.29) is 5.91 Å². The Bertz CT molecular complexity index is 920. The zero-order valence-corrected chi connectivity index (χ0v) is 16.4. The number of aromatic nitrogens is 3. The van der Waals surface area contributed by atoms with Gasteiger partial charge in [-0.3, -0.25) is 9.48 Å². The number of amides is 1. The standard InChI is InChI=1S/C18H20ClN5OS/c1-11-15(8-12-5-4-6-14(19)7-12)26-18(22-11)23-17(25)16(20-2)13-9-21-24(3)10-13/h4-7,9-10,16,20H,8H2,1-3H3,(H,22,23,25). The molecule has 0 aliphatic heterocycles. The molecule has 0 radical (unpaired) electrons. The lowest BCUT2D eigenvalue weighted by molar-refractivity contribution is -0.118. The van der Waals surface area contributed by atoms with Gasteiger partial charge in [0.1, 0.15) is 6.04 Å². The zero-order chi connectivity index (χ0) is 18.7. The van der Waals surface area contributed by atoms with E-state index in [9.17, 15) is 4.79 Å². The summed E-state index contributed by atoms with van der Waals surface area (Å²) in [5.41, 5.74) is 2.83. The molecule has 3 rings (SSSR count). The first-order valence-electron chi connectivity index (χ1n) is 8.13. The summed E-state index contributed by atoms with van der Waals surface area (Å²) in [7, 11) is 3.56. The van der Waals surface area contributed by atoms with Gasteiger partial charge >= 0.3 is 0 Å². The fraction of sp³-hybridized carbons (Fsp3) is 0.278. The predicted molar refractivity (Wildman–Crippen MR) is 105 cm³/mol. The topological polar surface area (TPSA) is 71.8 Å². The molecule has 0 aliphatic carbocycles. The molecule has 6 nitrogen and oxygen atoms in total. The fourth-order valence-electron chi connectivity index (χ4n) is 2.69. The van der Waals surface area contributed by atoms with Crippen LogP contribution in [0.2, 0.25) is 5.02 Å². The summed E-state index contributed by atoms with van der Waals surface area (Å²) < 4.78 is 1.67. The molecule has 2 aromatic heterocycles. The van der Waals surface area contributed by atoms with Crippen molar-refractivity contribution in [2.45, 2.75) is 19.4 Å². The quantitative estimate of drug-likeness (QED) is 0.678. The molecule has 0 fully saturated rings. The molecule has 136 valence electrons. The van der Waals surface area contributed by atoms with E-state index < -0.39 is 6.04 Å². The maximum absolute atomic E-state index is 12.6. The van der Waals surface area contributed by atoms with Gasteiger partial charge in [0.2, 0.25) is 5.91 Å². The van der Waals surface area contributed by atoms with E-state index in [4.69, 9.17) is 11.6 Å². The van der Waals surface area contributed by atoms with Crippen LogP contribution in [-0.2, 0) is 18.3 Å². The van der Waals surface area contributed by atoms with Gasteiger partial charge in [-0.2, -0.15) is 5.10 Å². The van der Waals surface area contributed by atoms with Crippen LogP contribution in [0.25, 0.3) is 0 Å². The number of anilines is 1. The van der Waals surface area contributed by atoms with Crippen molar-refractivity contribution in [1.29, 1.82) is 0 Å². The van der Waals surface area contributed by atoms with E-state index in [1.54, 1.807) is 17.9 Å². The molecular formula is C18H20ClN5OS. The Morgan fingerprint density at radius 1 is 1.42 bits per heavy atom. The van der Waals surface area contributed by atoms with Gasteiger partial charge in [0.25, 0.3) is 0 Å². The number of likely N-dealkylation sites (N-methyl/N-ethyl adjacent to an activating group) is 1. The highest BCUT2D eigenvalue weighted by atomic mass is 35.5. The minimum atomic E-state index is -0.482. The molecule has 0 spiro atoms. The van der Waals surface area contributed by atoms with Crippen molar-refractivity contribution in [3.05, 3.63) is 63.4 Å². The van der Waals surface area contributed by atoms with Crippen molar-refractivity contribution in [2.24, 2.45) is 7.05 Å². The number of halogens is 1. The lowest BCUT2D eigenvalue weighted by Crippen LogP contribution is -2.30. The monoisotopic (exact) mass is 389 g/mol. The number of nitrogens with zero attached hydrogens (tertiary/aromatic N) is 3. The Morgan fingerprint density at radius 3 is 2.88 bits per heavy atom. The number of aryl methyl sites for hydroxylation is 2. The number of carbonyl (C=O) groups excluding carboxylic acids is 1. The number of hydrogen-bond donors (Lipinski definition) is 2. The maximum atomic E-state index is 12.6. The summed E-state index contributed by atoms with van der Waals surface area (Å²) >= 11 is 7.53. The summed E-state index contributed by atoms with van der Waals surface area (Å²) in [5, 5.41) is 11.3. The molecule has 1 aromatic carbocycles. The van der Waals surface area contributed by atoms with Gasteiger partial charge in [-0.25, -0.2) is 4.98 Å². The van der Waals surface area contributed by atoms with E-state index >= 15 is 0 Å². The normalized spacial score (nSPS) is 12.2. The van der Waals surface area contributed by atoms with Crippen LogP contribution in [0, 0.1) is 6.92 Å². The van der Waals surface area contributed by atoms with Gasteiger partial charge in [-0.1, -0.05) is 23.7 Å². The van der Waals surface area contributed by atoms with Crippen LogP contribution in [0.1, 0.15) is 27.7 Å². The third kappa shape index (κ3) is 4.30. The molecule has 2 N–H and O–H groups in total. The van der Waals surface area contributed by atoms with Crippen molar-refractivity contribution < 1.29 is 4.79 Å². The lowest BCUT2D eigenvalue weighted by Gasteiger charge is -2.12. The fourth-order valence-corrected chi connectivity index (χ4v) is 3.91. The van der Waals surface area contributed by atoms with Crippen molar-refractivity contribution in [1.82, 2.24) is 20.1 Å². The first-order chi connectivity index (χ1) is 12.5. The molecule has 1 amide bonds. The molecule has 26 heavy (non-hydrogen) atoms. The average molecular weight is 390 g/mol. The Balaban J connectivity index is 1.73. The Kier molecular flexibility index (Phi) is 5.70. The molecule has 0 saturated carbocycles. The number of hydrogen-bond acceptors (Lipinski definition) is 5. The van der Waals surface area contributed by atoms with Crippen LogP contribution in [0.15, 0.2) is 36.7 Å². The van der Waals surface area contributed by atoms with Crippen LogP contribution < -0.4 is 10.6 Å². The number of benzene rings is 1. The van der Waals surface area contributed by atoms with E-state index in [0.717, 1.165) is 28.1 Å². The Morgan fingerprint density at radius 2 is 2.23 bits per heavy atom. The van der Waals surface area contributed by atoms with Crippen molar-refractivity contribution in [3.8, 4) is 0 Å². The van der Waals surface area contributed by atoms with E-state index in [1.165, 1.54) is 11.3 Å². The van der Waals surface area contributed by atoms with Crippen LogP contribution >= 0.6 is 22.9 Å². The molecule has 1 atom stereocenters. The molecule has 8 heteroatoms. The molecule has 0 saturated heterocycles. The van der Waals surface area contributed by atoms with Gasteiger partial charge in [-0.15, -0.1) is 11.3 Å². The molecule has 0 bridgehead atoms. The van der Waals surface area contributed by atoms with E-state index in [0.29, 0.717) is 10.2 Å². The largest absolute Gasteiger partial charge is 0.305 e.